The van der Waals surface area contributed by atoms with Crippen LogP contribution in [0.3, 0.4) is 0 Å². The molecule has 0 radical (unpaired) electrons. The van der Waals surface area contributed by atoms with Crippen LogP contribution in [0.2, 0.25) is 0 Å². The molecule has 9 heteroatoms. The molecule has 1 rings (SSSR count). The SMILES string of the molecule is CC[NH+](CC)CCCNS(=O)(=O)CCNC(=O)c1ccc(OC)cc1OC. The van der Waals surface area contributed by atoms with Crippen molar-refractivity contribution < 1.29 is 27.6 Å². The zero-order valence-electron chi connectivity index (χ0n) is 16.6. The van der Waals surface area contributed by atoms with Crippen molar-refractivity contribution >= 4 is 15.9 Å². The van der Waals surface area contributed by atoms with Crippen molar-refractivity contribution in [2.75, 3.05) is 52.7 Å². The quantitative estimate of drug-likeness (QED) is 0.393. The Labute approximate surface area is 162 Å². The Morgan fingerprint density at radius 3 is 2.41 bits per heavy atom. The predicted octanol–water partition coefficient (Wildman–Crippen LogP) is -0.332. The molecule has 8 nitrogen and oxygen atoms in total. The maximum Gasteiger partial charge on any atom is 0.255 e. The third kappa shape index (κ3) is 8.15. The van der Waals surface area contributed by atoms with E-state index in [0.717, 1.165) is 26.1 Å². The highest BCUT2D eigenvalue weighted by atomic mass is 32.2. The van der Waals surface area contributed by atoms with E-state index in [-0.39, 0.29) is 12.3 Å². The first kappa shape index (κ1) is 23.2. The van der Waals surface area contributed by atoms with Crippen molar-refractivity contribution in [3.63, 3.8) is 0 Å². The van der Waals surface area contributed by atoms with Crippen molar-refractivity contribution in [2.45, 2.75) is 20.3 Å². The van der Waals surface area contributed by atoms with Gasteiger partial charge < -0.3 is 19.7 Å². The van der Waals surface area contributed by atoms with Crippen molar-refractivity contribution in [3.05, 3.63) is 23.8 Å². The average Bonchev–Trinajstić information content (AvgIpc) is 2.67. The Morgan fingerprint density at radius 2 is 1.81 bits per heavy atom. The molecule has 0 spiro atoms. The van der Waals surface area contributed by atoms with Crippen molar-refractivity contribution in [2.24, 2.45) is 0 Å². The zero-order valence-corrected chi connectivity index (χ0v) is 17.4. The van der Waals surface area contributed by atoms with Gasteiger partial charge in [0, 0.05) is 25.6 Å². The van der Waals surface area contributed by atoms with Gasteiger partial charge in [-0.3, -0.25) is 4.79 Å². The van der Waals surface area contributed by atoms with Crippen molar-refractivity contribution in [1.29, 1.82) is 0 Å². The smallest absolute Gasteiger partial charge is 0.255 e. The van der Waals surface area contributed by atoms with Gasteiger partial charge in [0.15, 0.2) is 0 Å². The summed E-state index contributed by atoms with van der Waals surface area (Å²) in [5.74, 6) is 0.373. The first-order valence-corrected chi connectivity index (χ1v) is 10.8. The molecule has 0 aliphatic heterocycles. The van der Waals surface area contributed by atoms with Crippen LogP contribution in [-0.2, 0) is 10.0 Å². The van der Waals surface area contributed by atoms with E-state index in [1.165, 1.54) is 19.1 Å². The van der Waals surface area contributed by atoms with E-state index >= 15 is 0 Å². The van der Waals surface area contributed by atoms with Crippen LogP contribution in [0, 0.1) is 0 Å². The summed E-state index contributed by atoms with van der Waals surface area (Å²) in [6.07, 6.45) is 0.783. The summed E-state index contributed by atoms with van der Waals surface area (Å²) in [4.78, 5) is 13.7. The van der Waals surface area contributed by atoms with Crippen LogP contribution in [0.25, 0.3) is 0 Å². The highest BCUT2D eigenvalue weighted by Gasteiger charge is 2.15. The third-order valence-corrected chi connectivity index (χ3v) is 5.72. The minimum atomic E-state index is -3.42. The Bertz CT molecular complexity index is 690. The minimum absolute atomic E-state index is 0.0185. The number of nitrogens with one attached hydrogen (secondary N) is 3. The lowest BCUT2D eigenvalue weighted by Gasteiger charge is -2.15. The second-order valence-corrected chi connectivity index (χ2v) is 8.02. The average molecular weight is 403 g/mol. The van der Waals surface area contributed by atoms with E-state index in [0.29, 0.717) is 23.6 Å². The topological polar surface area (TPSA) is 98.2 Å². The molecule has 0 saturated carbocycles. The number of rotatable bonds is 13. The molecule has 0 unspecified atom stereocenters. The largest absolute Gasteiger partial charge is 0.497 e. The first-order valence-electron chi connectivity index (χ1n) is 9.18. The van der Waals surface area contributed by atoms with Gasteiger partial charge in [-0.15, -0.1) is 0 Å². The molecule has 0 atom stereocenters. The van der Waals surface area contributed by atoms with Crippen LogP contribution in [0.5, 0.6) is 11.5 Å². The lowest BCUT2D eigenvalue weighted by molar-refractivity contribution is -0.896. The van der Waals surface area contributed by atoms with Gasteiger partial charge in [-0.05, 0) is 26.0 Å². The number of carbonyl (C=O) groups excluding carboxylic acids is 1. The van der Waals surface area contributed by atoms with Crippen LogP contribution in [0.15, 0.2) is 18.2 Å². The predicted molar refractivity (Wildman–Crippen MR) is 105 cm³/mol. The van der Waals surface area contributed by atoms with Crippen molar-refractivity contribution in [3.8, 4) is 11.5 Å². The van der Waals surface area contributed by atoms with Gasteiger partial charge in [0.05, 0.1) is 45.2 Å². The van der Waals surface area contributed by atoms with Crippen LogP contribution in [0.4, 0.5) is 0 Å². The fourth-order valence-corrected chi connectivity index (χ4v) is 3.59. The molecular weight excluding hydrogens is 370 g/mol. The molecule has 0 fully saturated rings. The highest BCUT2D eigenvalue weighted by Crippen LogP contribution is 2.24. The molecule has 1 aromatic rings. The maximum atomic E-state index is 12.3. The number of benzene rings is 1. The lowest BCUT2D eigenvalue weighted by Crippen LogP contribution is -3.11. The molecule has 27 heavy (non-hydrogen) atoms. The van der Waals surface area contributed by atoms with Gasteiger partial charge in [-0.25, -0.2) is 13.1 Å². The molecule has 0 saturated heterocycles. The second kappa shape index (κ2) is 11.8. The number of quaternary nitrogens is 1. The van der Waals surface area contributed by atoms with E-state index in [2.05, 4.69) is 23.9 Å². The number of amides is 1. The van der Waals surface area contributed by atoms with E-state index in [9.17, 15) is 13.2 Å². The van der Waals surface area contributed by atoms with Crippen LogP contribution in [0.1, 0.15) is 30.6 Å². The van der Waals surface area contributed by atoms with Crippen LogP contribution >= 0.6 is 0 Å². The van der Waals surface area contributed by atoms with Gasteiger partial charge in [0.25, 0.3) is 5.91 Å². The van der Waals surface area contributed by atoms with Gasteiger partial charge in [-0.2, -0.15) is 0 Å². The Kier molecular flexibility index (Phi) is 10.1. The summed E-state index contributed by atoms with van der Waals surface area (Å²) in [7, 11) is -0.441. The normalized spacial score (nSPS) is 11.4. The summed E-state index contributed by atoms with van der Waals surface area (Å²) >= 11 is 0. The molecule has 0 aliphatic rings. The van der Waals surface area contributed by atoms with E-state index in [1.807, 2.05) is 0 Å². The Morgan fingerprint density at radius 1 is 1.11 bits per heavy atom. The molecule has 0 aromatic heterocycles. The number of ether oxygens (including phenoxy) is 2. The monoisotopic (exact) mass is 402 g/mol. The Balaban J connectivity index is 2.44. The molecule has 154 valence electrons. The van der Waals surface area contributed by atoms with Crippen LogP contribution < -0.4 is 24.4 Å². The maximum absolute atomic E-state index is 12.3. The fraction of sp³-hybridized carbons (Fsp3) is 0.611. The molecular formula is C18H32N3O5S+. The van der Waals surface area contributed by atoms with Gasteiger partial charge in [0.2, 0.25) is 10.0 Å². The van der Waals surface area contributed by atoms with E-state index in [1.54, 1.807) is 18.2 Å². The van der Waals surface area contributed by atoms with Gasteiger partial charge >= 0.3 is 0 Å². The van der Waals surface area contributed by atoms with Gasteiger partial charge in [-0.1, -0.05) is 0 Å². The summed E-state index contributed by atoms with van der Waals surface area (Å²) in [5.41, 5.74) is 0.325. The number of carbonyl (C=O) groups is 1. The zero-order chi connectivity index (χ0) is 20.3. The van der Waals surface area contributed by atoms with Crippen molar-refractivity contribution in [1.82, 2.24) is 10.0 Å². The van der Waals surface area contributed by atoms with E-state index < -0.39 is 15.9 Å². The molecule has 0 aliphatic carbocycles. The molecule has 3 N–H and O–H groups in total. The second-order valence-electron chi connectivity index (χ2n) is 6.10. The first-order chi connectivity index (χ1) is 12.9. The highest BCUT2D eigenvalue weighted by molar-refractivity contribution is 7.89. The molecule has 1 amide bonds. The standard InChI is InChI=1S/C18H31N3O5S/c1-5-21(6-2)12-7-10-20-27(23,24)13-11-19-18(22)16-9-8-15(25-3)14-17(16)26-4/h8-9,14,20H,5-7,10-13H2,1-4H3,(H,19,22)/p+1. The number of hydrogen-bond donors (Lipinski definition) is 3. The minimum Gasteiger partial charge on any atom is -0.497 e. The van der Waals surface area contributed by atoms with Crippen LogP contribution in [-0.4, -0.2) is 67.0 Å². The fourth-order valence-electron chi connectivity index (χ4n) is 2.62. The van der Waals surface area contributed by atoms with E-state index in [4.69, 9.17) is 9.47 Å². The number of hydrogen-bond acceptors (Lipinski definition) is 5. The third-order valence-electron chi connectivity index (χ3n) is 4.34. The summed E-state index contributed by atoms with van der Waals surface area (Å²) < 4.78 is 36.9. The number of methoxy groups -OCH3 is 2. The molecule has 1 aromatic carbocycles. The van der Waals surface area contributed by atoms with Gasteiger partial charge in [0.1, 0.15) is 11.5 Å². The number of sulfonamides is 1. The Hall–Kier alpha value is -1.84. The summed E-state index contributed by atoms with van der Waals surface area (Å²) in [6.45, 7) is 7.65. The molecule has 0 bridgehead atoms. The molecule has 0 heterocycles. The summed E-state index contributed by atoms with van der Waals surface area (Å²) in [6, 6.07) is 4.83. The lowest BCUT2D eigenvalue weighted by atomic mass is 10.2. The summed E-state index contributed by atoms with van der Waals surface area (Å²) in [5, 5.41) is 2.61.